The number of anilines is 2. The molecule has 1 amide bonds. The molecule has 2 fully saturated rings. The Balaban J connectivity index is 1.00. The highest BCUT2D eigenvalue weighted by Gasteiger charge is 2.30. The number of amides is 1. The van der Waals surface area contributed by atoms with Gasteiger partial charge in [0.2, 0.25) is 0 Å². The average Bonchev–Trinajstić information content (AvgIpc) is 3.74. The number of hydrogen-bond acceptors (Lipinski definition) is 9. The first-order chi connectivity index (χ1) is 28.9. The molecule has 0 atom stereocenters. The smallest absolute Gasteiger partial charge is 0.268 e. The number of fused-ring (bicyclic) bond motifs is 1. The molecule has 0 bridgehead atoms. The minimum absolute atomic E-state index is 0.0608. The number of aromatic amines is 1. The number of hydrogen-bond donors (Lipinski definition) is 3. The minimum Gasteiger partial charge on any atom is -0.456 e. The van der Waals surface area contributed by atoms with Gasteiger partial charge < -0.3 is 24.7 Å². The van der Waals surface area contributed by atoms with Crippen molar-refractivity contribution in [2.75, 3.05) is 62.7 Å². The van der Waals surface area contributed by atoms with E-state index < -0.39 is 15.9 Å². The van der Waals surface area contributed by atoms with E-state index in [0.29, 0.717) is 37.1 Å². The molecule has 8 rings (SSSR count). The number of H-pyrrole nitrogens is 1. The number of carbonyl (C=O) groups excluding carboxylic acids is 1. The number of nitriles is 1. The third-order valence-electron chi connectivity index (χ3n) is 12.1. The van der Waals surface area contributed by atoms with Crippen molar-refractivity contribution < 1.29 is 22.7 Å². The van der Waals surface area contributed by atoms with Crippen LogP contribution in [0.1, 0.15) is 67.4 Å². The second-order valence-electron chi connectivity index (χ2n) is 16.9. The fourth-order valence-electron chi connectivity index (χ4n) is 8.52. The second-order valence-corrected chi connectivity index (χ2v) is 19.0. The van der Waals surface area contributed by atoms with Gasteiger partial charge in [0.1, 0.15) is 17.6 Å². The Morgan fingerprint density at radius 1 is 0.983 bits per heavy atom. The number of ether oxygens (including phenoxy) is 2. The molecule has 1 aliphatic carbocycles. The number of nitrogens with one attached hydrogen (secondary N) is 3. The Hall–Kier alpha value is -5.32. The zero-order chi connectivity index (χ0) is 41.9. The zero-order valence-electron chi connectivity index (χ0n) is 34.1. The van der Waals surface area contributed by atoms with Crippen molar-refractivity contribution in [1.29, 1.82) is 5.26 Å². The Kier molecular flexibility index (Phi) is 12.2. The van der Waals surface area contributed by atoms with Crippen molar-refractivity contribution >= 4 is 55.4 Å². The molecule has 0 spiro atoms. The summed E-state index contributed by atoms with van der Waals surface area (Å²) >= 11 is 6.25. The van der Waals surface area contributed by atoms with Crippen LogP contribution >= 0.6 is 11.6 Å². The Labute approximate surface area is 357 Å². The van der Waals surface area contributed by atoms with Crippen LogP contribution in [0.5, 0.6) is 11.5 Å². The summed E-state index contributed by atoms with van der Waals surface area (Å²) in [5, 5.41) is 14.8. The summed E-state index contributed by atoms with van der Waals surface area (Å²) < 4.78 is 41.6. The van der Waals surface area contributed by atoms with E-state index in [2.05, 4.69) is 56.9 Å². The Bertz CT molecular complexity index is 2550. The van der Waals surface area contributed by atoms with Crippen molar-refractivity contribution in [2.45, 2.75) is 50.8 Å². The molecule has 3 N–H and O–H groups in total. The molecular weight excluding hydrogens is 796 g/mol. The molecule has 0 saturated carbocycles. The highest BCUT2D eigenvalue weighted by atomic mass is 35.5. The van der Waals surface area contributed by atoms with Gasteiger partial charge >= 0.3 is 0 Å². The van der Waals surface area contributed by atoms with Crippen molar-refractivity contribution in [1.82, 2.24) is 14.6 Å². The number of nitrogens with zero attached hydrogens (tertiary/aromatic N) is 3. The van der Waals surface area contributed by atoms with Crippen LogP contribution in [0.25, 0.3) is 16.5 Å². The van der Waals surface area contributed by atoms with Gasteiger partial charge in [0, 0.05) is 86.4 Å². The van der Waals surface area contributed by atoms with Crippen LogP contribution < -0.4 is 19.7 Å². The maximum Gasteiger partial charge on any atom is 0.268 e. The first-order valence-corrected chi connectivity index (χ1v) is 22.6. The minimum atomic E-state index is -4.37. The van der Waals surface area contributed by atoms with Gasteiger partial charge in [0.25, 0.3) is 15.9 Å². The van der Waals surface area contributed by atoms with E-state index in [4.69, 9.17) is 21.1 Å². The molecule has 60 heavy (non-hydrogen) atoms. The molecule has 11 nitrogen and oxygen atoms in total. The van der Waals surface area contributed by atoms with Crippen LogP contribution in [0.2, 0.25) is 5.02 Å². The van der Waals surface area contributed by atoms with Crippen molar-refractivity contribution in [3.05, 3.63) is 118 Å². The molecule has 3 aliphatic rings. The lowest BCUT2D eigenvalue weighted by Gasteiger charge is -2.39. The van der Waals surface area contributed by atoms with E-state index >= 15 is 0 Å². The molecule has 3 heterocycles. The van der Waals surface area contributed by atoms with Gasteiger partial charge in [0.15, 0.2) is 0 Å². The van der Waals surface area contributed by atoms with Gasteiger partial charge in [-0.15, -0.1) is 0 Å². The summed E-state index contributed by atoms with van der Waals surface area (Å²) in [5.41, 5.74) is 6.92. The first-order valence-electron chi connectivity index (χ1n) is 20.7. The van der Waals surface area contributed by atoms with Gasteiger partial charge in [0.05, 0.1) is 21.7 Å². The molecule has 2 aliphatic heterocycles. The summed E-state index contributed by atoms with van der Waals surface area (Å²) in [6.07, 6.45) is 6.91. The van der Waals surface area contributed by atoms with Crippen LogP contribution in [-0.4, -0.2) is 76.7 Å². The van der Waals surface area contributed by atoms with Gasteiger partial charge in [-0.2, -0.15) is 5.26 Å². The predicted molar refractivity (Wildman–Crippen MR) is 237 cm³/mol. The van der Waals surface area contributed by atoms with E-state index in [1.165, 1.54) is 28.8 Å². The fraction of sp³-hybridized carbons (Fsp3) is 0.362. The molecule has 5 aromatic rings. The number of rotatable bonds is 12. The average molecular weight is 847 g/mol. The maximum absolute atomic E-state index is 14.0. The SMILES string of the molecule is CC1(C)CCC(CN2CCN(c3ccc(C(=O)NS(=O)(=O)c4ccc(NCC5CCOCC5)c(C#N)c4)c(Oc4cccc5[nH]ccc45)c3)CC2)=C(c2ccc(Cl)cc2)C1. The molecule has 4 aromatic carbocycles. The third-order valence-corrected chi connectivity index (χ3v) is 13.7. The van der Waals surface area contributed by atoms with E-state index in [1.807, 2.05) is 54.7 Å². The lowest BCUT2D eigenvalue weighted by molar-refractivity contribution is 0.0699. The topological polar surface area (TPSA) is 140 Å². The monoisotopic (exact) mass is 846 g/mol. The molecule has 0 radical (unpaired) electrons. The van der Waals surface area contributed by atoms with Gasteiger partial charge in [-0.1, -0.05) is 49.2 Å². The number of halogens is 1. The van der Waals surface area contributed by atoms with Crippen LogP contribution in [0.4, 0.5) is 11.4 Å². The summed E-state index contributed by atoms with van der Waals surface area (Å²) in [6, 6.07) is 27.4. The summed E-state index contributed by atoms with van der Waals surface area (Å²) in [7, 11) is -4.37. The molecule has 13 heteroatoms. The lowest BCUT2D eigenvalue weighted by Crippen LogP contribution is -2.47. The van der Waals surface area contributed by atoms with Crippen molar-refractivity contribution in [2.24, 2.45) is 11.3 Å². The molecule has 312 valence electrons. The van der Waals surface area contributed by atoms with Gasteiger partial charge in [-0.25, -0.2) is 13.1 Å². The van der Waals surface area contributed by atoms with E-state index in [0.717, 1.165) is 86.4 Å². The van der Waals surface area contributed by atoms with Crippen molar-refractivity contribution in [3.8, 4) is 17.6 Å². The van der Waals surface area contributed by atoms with E-state index in [1.54, 1.807) is 12.1 Å². The largest absolute Gasteiger partial charge is 0.456 e. The maximum atomic E-state index is 14.0. The number of benzene rings is 4. The molecule has 2 saturated heterocycles. The third kappa shape index (κ3) is 9.50. The lowest BCUT2D eigenvalue weighted by atomic mass is 9.72. The van der Waals surface area contributed by atoms with Crippen LogP contribution in [0, 0.1) is 22.7 Å². The van der Waals surface area contributed by atoms with Crippen LogP contribution in [0.15, 0.2) is 102 Å². The second kappa shape index (κ2) is 17.7. The quantitative estimate of drug-likeness (QED) is 0.112. The highest BCUT2D eigenvalue weighted by Crippen LogP contribution is 2.43. The first kappa shape index (κ1) is 41.4. The summed E-state index contributed by atoms with van der Waals surface area (Å²) in [5.74, 6) is 0.305. The van der Waals surface area contributed by atoms with Gasteiger partial charge in [-0.3, -0.25) is 9.69 Å². The molecule has 0 unspecified atom stereocenters. The van der Waals surface area contributed by atoms with E-state index in [-0.39, 0.29) is 27.2 Å². The molecular formula is C47H51ClN6O5S. The fourth-order valence-corrected chi connectivity index (χ4v) is 9.64. The molecule has 1 aromatic heterocycles. The van der Waals surface area contributed by atoms with Crippen LogP contribution in [-0.2, 0) is 14.8 Å². The van der Waals surface area contributed by atoms with Crippen molar-refractivity contribution in [3.63, 3.8) is 0 Å². The number of allylic oxidation sites excluding steroid dienone is 1. The highest BCUT2D eigenvalue weighted by molar-refractivity contribution is 7.90. The Morgan fingerprint density at radius 3 is 2.53 bits per heavy atom. The number of carbonyl (C=O) groups is 1. The Morgan fingerprint density at radius 2 is 1.77 bits per heavy atom. The van der Waals surface area contributed by atoms with Gasteiger partial charge in [-0.05, 0) is 115 Å². The zero-order valence-corrected chi connectivity index (χ0v) is 35.7. The summed E-state index contributed by atoms with van der Waals surface area (Å²) in [6.45, 7) is 10.9. The van der Waals surface area contributed by atoms with E-state index in [9.17, 15) is 18.5 Å². The van der Waals surface area contributed by atoms with Crippen LogP contribution in [0.3, 0.4) is 0 Å². The number of sulfonamides is 1. The standard InChI is InChI=1S/C47H51ClN6O5S/c1-47(2)18-14-34(41(28-47)33-6-8-36(48)9-7-33)31-53-20-22-54(23-21-53)37-10-12-40(45(27-37)59-44-5-3-4-43-39(44)15-19-50-43)46(55)52-60(56,57)38-11-13-42(35(26-38)29-49)51-30-32-16-24-58-25-17-32/h3-13,15,19,26-27,32,50-51H,14,16-18,20-25,28,30-31H2,1-2H3,(H,52,55). The predicted octanol–water partition coefficient (Wildman–Crippen LogP) is 9.23. The number of piperazine rings is 1. The number of aromatic nitrogens is 1. The normalized spacial score (nSPS) is 17.7. The summed E-state index contributed by atoms with van der Waals surface area (Å²) in [4.78, 5) is 21.8.